The fraction of sp³-hybridized carbons (Fsp3) is 0.600. The van der Waals surface area contributed by atoms with Crippen molar-refractivity contribution in [3.05, 3.63) is 28.8 Å². The summed E-state index contributed by atoms with van der Waals surface area (Å²) in [6, 6.07) is 3.76. The van der Waals surface area contributed by atoms with Gasteiger partial charge in [-0.3, -0.25) is 4.79 Å². The van der Waals surface area contributed by atoms with Crippen LogP contribution in [-0.2, 0) is 4.79 Å². The van der Waals surface area contributed by atoms with Crippen LogP contribution in [0.4, 0.5) is 10.5 Å². The van der Waals surface area contributed by atoms with Gasteiger partial charge < -0.3 is 20.9 Å². The fourth-order valence-corrected chi connectivity index (χ4v) is 3.40. The van der Waals surface area contributed by atoms with Crippen LogP contribution in [0.15, 0.2) is 12.1 Å². The van der Waals surface area contributed by atoms with E-state index in [1.165, 1.54) is 18.4 Å². The van der Waals surface area contributed by atoms with E-state index in [1.807, 2.05) is 32.9 Å². The molecule has 1 aliphatic heterocycles. The lowest BCUT2D eigenvalue weighted by Gasteiger charge is -2.30. The van der Waals surface area contributed by atoms with Crippen LogP contribution in [0.5, 0.6) is 0 Å². The van der Waals surface area contributed by atoms with E-state index >= 15 is 0 Å². The minimum absolute atomic E-state index is 0.0418. The Labute approximate surface area is 156 Å². The van der Waals surface area contributed by atoms with Gasteiger partial charge in [-0.25, -0.2) is 4.79 Å². The molecule has 3 amide bonds. The predicted octanol–water partition coefficient (Wildman–Crippen LogP) is 2.58. The van der Waals surface area contributed by atoms with Gasteiger partial charge in [0.1, 0.15) is 0 Å². The van der Waals surface area contributed by atoms with Gasteiger partial charge in [-0.05, 0) is 63.7 Å². The summed E-state index contributed by atoms with van der Waals surface area (Å²) >= 11 is 0. The number of carbonyl (C=O) groups is 2. The van der Waals surface area contributed by atoms with Gasteiger partial charge in [0.2, 0.25) is 5.91 Å². The standard InChI is InChI=1S/C20H32N4O2/c1-14-5-8-24(9-6-14)10-7-21-20(26)22-13-18(25)23-19-16(3)11-15(2)12-17(19)4/h11-12,14H,5-10,13H2,1-4H3,(H,23,25)(H2,21,22,26). The van der Waals surface area contributed by atoms with Crippen molar-refractivity contribution in [1.29, 1.82) is 0 Å². The van der Waals surface area contributed by atoms with Crippen LogP contribution in [0.3, 0.4) is 0 Å². The van der Waals surface area contributed by atoms with Crippen molar-refractivity contribution in [1.82, 2.24) is 15.5 Å². The van der Waals surface area contributed by atoms with E-state index in [0.717, 1.165) is 42.4 Å². The lowest BCUT2D eigenvalue weighted by atomic mass is 9.99. The predicted molar refractivity (Wildman–Crippen MR) is 106 cm³/mol. The Morgan fingerprint density at radius 3 is 2.31 bits per heavy atom. The molecule has 1 saturated heterocycles. The number of amides is 3. The fourth-order valence-electron chi connectivity index (χ4n) is 3.40. The Kier molecular flexibility index (Phi) is 7.45. The molecular weight excluding hydrogens is 328 g/mol. The van der Waals surface area contributed by atoms with E-state index in [9.17, 15) is 9.59 Å². The average molecular weight is 361 g/mol. The van der Waals surface area contributed by atoms with Gasteiger partial charge in [0, 0.05) is 18.8 Å². The van der Waals surface area contributed by atoms with E-state index in [-0.39, 0.29) is 18.5 Å². The van der Waals surface area contributed by atoms with Gasteiger partial charge >= 0.3 is 6.03 Å². The number of rotatable bonds is 6. The molecule has 2 rings (SSSR count). The minimum atomic E-state index is -0.303. The monoisotopic (exact) mass is 360 g/mol. The van der Waals surface area contributed by atoms with Gasteiger partial charge in [-0.1, -0.05) is 24.6 Å². The van der Waals surface area contributed by atoms with Crippen molar-refractivity contribution >= 4 is 17.6 Å². The molecule has 3 N–H and O–H groups in total. The van der Waals surface area contributed by atoms with Crippen LogP contribution < -0.4 is 16.0 Å². The average Bonchev–Trinajstić information content (AvgIpc) is 2.58. The maximum absolute atomic E-state index is 12.1. The summed E-state index contributed by atoms with van der Waals surface area (Å²) in [6.45, 7) is 11.9. The van der Waals surface area contributed by atoms with E-state index in [2.05, 4.69) is 27.8 Å². The first-order chi connectivity index (χ1) is 12.3. The van der Waals surface area contributed by atoms with E-state index < -0.39 is 0 Å². The van der Waals surface area contributed by atoms with Crippen molar-refractivity contribution in [2.24, 2.45) is 5.92 Å². The number of piperidine rings is 1. The number of benzene rings is 1. The summed E-state index contributed by atoms with van der Waals surface area (Å²) in [6.07, 6.45) is 2.45. The van der Waals surface area contributed by atoms with Crippen LogP contribution in [0.2, 0.25) is 0 Å². The Hall–Kier alpha value is -2.08. The van der Waals surface area contributed by atoms with E-state index in [1.54, 1.807) is 0 Å². The molecule has 0 spiro atoms. The molecule has 1 aromatic carbocycles. The first-order valence-electron chi connectivity index (χ1n) is 9.47. The second-order valence-electron chi connectivity index (χ2n) is 7.46. The van der Waals surface area contributed by atoms with E-state index in [4.69, 9.17) is 0 Å². The molecule has 6 heteroatoms. The Balaban J connectivity index is 1.66. The van der Waals surface area contributed by atoms with Gasteiger partial charge in [-0.15, -0.1) is 0 Å². The number of aryl methyl sites for hydroxylation is 3. The quantitative estimate of drug-likeness (QED) is 0.730. The van der Waals surface area contributed by atoms with Gasteiger partial charge in [0.25, 0.3) is 0 Å². The number of nitrogens with zero attached hydrogens (tertiary/aromatic N) is 1. The zero-order valence-corrected chi connectivity index (χ0v) is 16.4. The molecule has 0 bridgehead atoms. The van der Waals surface area contributed by atoms with E-state index in [0.29, 0.717) is 6.54 Å². The Morgan fingerprint density at radius 2 is 1.69 bits per heavy atom. The third kappa shape index (κ3) is 6.33. The number of hydrogen-bond acceptors (Lipinski definition) is 3. The number of nitrogens with one attached hydrogen (secondary N) is 3. The summed E-state index contributed by atoms with van der Waals surface area (Å²) in [7, 11) is 0. The SMILES string of the molecule is Cc1cc(C)c(NC(=O)CNC(=O)NCCN2CCC(C)CC2)c(C)c1. The number of anilines is 1. The van der Waals surface area contributed by atoms with Crippen LogP contribution in [-0.4, -0.2) is 49.6 Å². The molecule has 0 unspecified atom stereocenters. The van der Waals surface area contributed by atoms with Crippen LogP contribution >= 0.6 is 0 Å². The summed E-state index contributed by atoms with van der Waals surface area (Å²) in [4.78, 5) is 26.3. The third-order valence-corrected chi connectivity index (χ3v) is 4.94. The highest BCUT2D eigenvalue weighted by atomic mass is 16.2. The smallest absolute Gasteiger partial charge is 0.315 e. The minimum Gasteiger partial charge on any atom is -0.337 e. The van der Waals surface area contributed by atoms with Crippen molar-refractivity contribution in [2.75, 3.05) is 38.0 Å². The summed E-state index contributed by atoms with van der Waals surface area (Å²) in [5.41, 5.74) is 4.04. The van der Waals surface area contributed by atoms with Crippen molar-refractivity contribution in [3.8, 4) is 0 Å². The maximum Gasteiger partial charge on any atom is 0.315 e. The number of likely N-dealkylation sites (tertiary alicyclic amines) is 1. The molecule has 26 heavy (non-hydrogen) atoms. The molecule has 1 fully saturated rings. The molecule has 144 valence electrons. The molecule has 1 aromatic rings. The molecule has 0 saturated carbocycles. The van der Waals surface area contributed by atoms with Gasteiger partial charge in [0.05, 0.1) is 6.54 Å². The van der Waals surface area contributed by atoms with Crippen LogP contribution in [0.25, 0.3) is 0 Å². The lowest BCUT2D eigenvalue weighted by molar-refractivity contribution is -0.115. The third-order valence-electron chi connectivity index (χ3n) is 4.94. The van der Waals surface area contributed by atoms with Gasteiger partial charge in [-0.2, -0.15) is 0 Å². The summed E-state index contributed by atoms with van der Waals surface area (Å²) < 4.78 is 0. The number of urea groups is 1. The lowest BCUT2D eigenvalue weighted by Crippen LogP contribution is -2.44. The van der Waals surface area contributed by atoms with Crippen molar-refractivity contribution in [2.45, 2.75) is 40.5 Å². The van der Waals surface area contributed by atoms with Crippen molar-refractivity contribution < 1.29 is 9.59 Å². The Morgan fingerprint density at radius 1 is 1.08 bits per heavy atom. The first kappa shape index (κ1) is 20.2. The molecule has 0 aliphatic carbocycles. The normalized spacial score (nSPS) is 15.5. The maximum atomic E-state index is 12.1. The molecule has 0 atom stereocenters. The number of carbonyl (C=O) groups excluding carboxylic acids is 2. The molecule has 0 aromatic heterocycles. The summed E-state index contributed by atoms with van der Waals surface area (Å²) in [5, 5.41) is 8.32. The molecule has 0 radical (unpaired) electrons. The number of hydrogen-bond donors (Lipinski definition) is 3. The molecular formula is C20H32N4O2. The second kappa shape index (κ2) is 9.57. The second-order valence-corrected chi connectivity index (χ2v) is 7.46. The van der Waals surface area contributed by atoms with Gasteiger partial charge in [0.15, 0.2) is 0 Å². The molecule has 1 heterocycles. The van der Waals surface area contributed by atoms with Crippen molar-refractivity contribution in [3.63, 3.8) is 0 Å². The zero-order chi connectivity index (χ0) is 19.1. The molecule has 1 aliphatic rings. The highest BCUT2D eigenvalue weighted by Gasteiger charge is 2.15. The molecule has 6 nitrogen and oxygen atoms in total. The highest BCUT2D eigenvalue weighted by Crippen LogP contribution is 2.21. The van der Waals surface area contributed by atoms with Crippen LogP contribution in [0, 0.1) is 26.7 Å². The largest absolute Gasteiger partial charge is 0.337 e. The summed E-state index contributed by atoms with van der Waals surface area (Å²) in [5.74, 6) is 0.585. The highest BCUT2D eigenvalue weighted by molar-refractivity contribution is 5.95. The first-order valence-corrected chi connectivity index (χ1v) is 9.47. The topological polar surface area (TPSA) is 73.5 Å². The Bertz CT molecular complexity index is 614. The zero-order valence-electron chi connectivity index (χ0n) is 16.4. The van der Waals surface area contributed by atoms with Crippen LogP contribution in [0.1, 0.15) is 36.5 Å².